The van der Waals surface area contributed by atoms with Crippen molar-refractivity contribution < 1.29 is 9.13 Å². The smallest absolute Gasteiger partial charge is 0.148 e. The lowest BCUT2D eigenvalue weighted by atomic mass is 10.2. The minimum absolute atomic E-state index is 0.154. The number of nitrogens with one attached hydrogen (secondary N) is 1. The molecule has 0 bridgehead atoms. The maximum Gasteiger partial charge on any atom is 0.148 e. The van der Waals surface area contributed by atoms with Gasteiger partial charge in [-0.1, -0.05) is 13.3 Å². The van der Waals surface area contributed by atoms with Crippen LogP contribution in [-0.2, 0) is 4.74 Å². The lowest BCUT2D eigenvalue weighted by Crippen LogP contribution is -2.05. The van der Waals surface area contributed by atoms with Crippen molar-refractivity contribution in [3.63, 3.8) is 0 Å². The number of unbranched alkanes of at least 4 members (excludes halogenated alkanes) is 2. The predicted octanol–water partition coefficient (Wildman–Crippen LogP) is 4.18. The molecular formula is C14H22BrFN2O. The summed E-state index contributed by atoms with van der Waals surface area (Å²) in [4.78, 5) is 0. The molecule has 0 saturated heterocycles. The van der Waals surface area contributed by atoms with Crippen molar-refractivity contribution in [3.8, 4) is 0 Å². The molecule has 0 aliphatic carbocycles. The number of nitrogens with two attached hydrogens (primary N) is 1. The molecule has 1 rings (SSSR count). The quantitative estimate of drug-likeness (QED) is 0.526. The highest BCUT2D eigenvalue weighted by Gasteiger charge is 2.05. The molecule has 0 amide bonds. The van der Waals surface area contributed by atoms with E-state index in [0.717, 1.165) is 55.6 Å². The number of hydrogen-bond donors (Lipinski definition) is 2. The van der Waals surface area contributed by atoms with E-state index in [0.29, 0.717) is 0 Å². The number of benzene rings is 1. The van der Waals surface area contributed by atoms with E-state index in [1.165, 1.54) is 6.07 Å². The number of anilines is 2. The third-order valence-electron chi connectivity index (χ3n) is 2.76. The van der Waals surface area contributed by atoms with E-state index in [1.807, 2.05) is 0 Å². The van der Waals surface area contributed by atoms with Crippen LogP contribution >= 0.6 is 15.9 Å². The Morgan fingerprint density at radius 2 is 2.00 bits per heavy atom. The summed E-state index contributed by atoms with van der Waals surface area (Å²) in [5.74, 6) is -0.395. The summed E-state index contributed by atoms with van der Waals surface area (Å²) in [5, 5.41) is 3.19. The van der Waals surface area contributed by atoms with Gasteiger partial charge in [0.15, 0.2) is 0 Å². The Bertz CT molecular complexity index is 388. The van der Waals surface area contributed by atoms with Crippen molar-refractivity contribution in [2.75, 3.05) is 30.8 Å². The zero-order valence-electron chi connectivity index (χ0n) is 11.3. The largest absolute Gasteiger partial charge is 0.396 e. The van der Waals surface area contributed by atoms with Crippen LogP contribution in [0.4, 0.5) is 15.8 Å². The number of rotatable bonds is 9. The van der Waals surface area contributed by atoms with Crippen LogP contribution in [0, 0.1) is 5.82 Å². The van der Waals surface area contributed by atoms with E-state index in [9.17, 15) is 4.39 Å². The summed E-state index contributed by atoms with van der Waals surface area (Å²) in [7, 11) is 0. The standard InChI is InChI=1S/C14H22BrFN2O/c1-2-3-7-19-8-5-4-6-18-14-10-12(16)13(17)9-11(14)15/h9-10,18H,2-8,17H2,1H3. The molecule has 1 aromatic rings. The first-order valence-corrected chi connectivity index (χ1v) is 7.50. The van der Waals surface area contributed by atoms with E-state index in [4.69, 9.17) is 10.5 Å². The molecule has 0 radical (unpaired) electrons. The second-order valence-electron chi connectivity index (χ2n) is 4.45. The van der Waals surface area contributed by atoms with Gasteiger partial charge in [0, 0.05) is 30.3 Å². The lowest BCUT2D eigenvalue weighted by Gasteiger charge is -2.10. The van der Waals surface area contributed by atoms with Crippen LogP contribution in [-0.4, -0.2) is 19.8 Å². The minimum atomic E-state index is -0.395. The van der Waals surface area contributed by atoms with Crippen LogP contribution in [0.15, 0.2) is 16.6 Å². The summed E-state index contributed by atoms with van der Waals surface area (Å²) in [6.45, 7) is 4.58. The summed E-state index contributed by atoms with van der Waals surface area (Å²) in [5.41, 5.74) is 6.36. The molecule has 0 heterocycles. The normalized spacial score (nSPS) is 10.7. The molecule has 1 aromatic carbocycles. The fraction of sp³-hybridized carbons (Fsp3) is 0.571. The Balaban J connectivity index is 2.17. The Hall–Kier alpha value is -0.810. The number of hydrogen-bond acceptors (Lipinski definition) is 3. The van der Waals surface area contributed by atoms with E-state index < -0.39 is 5.82 Å². The molecular weight excluding hydrogens is 311 g/mol. The molecule has 3 nitrogen and oxygen atoms in total. The molecule has 19 heavy (non-hydrogen) atoms. The third-order valence-corrected chi connectivity index (χ3v) is 3.42. The number of nitrogen functional groups attached to an aromatic ring is 1. The van der Waals surface area contributed by atoms with Gasteiger partial charge in [-0.3, -0.25) is 0 Å². The first-order chi connectivity index (χ1) is 9.15. The van der Waals surface area contributed by atoms with Gasteiger partial charge in [-0.25, -0.2) is 4.39 Å². The highest BCUT2D eigenvalue weighted by atomic mass is 79.9. The number of ether oxygens (including phenoxy) is 1. The summed E-state index contributed by atoms with van der Waals surface area (Å²) >= 11 is 3.36. The third kappa shape index (κ3) is 6.25. The Kier molecular flexibility index (Phi) is 7.82. The van der Waals surface area contributed by atoms with E-state index in [-0.39, 0.29) is 5.69 Å². The van der Waals surface area contributed by atoms with Crippen LogP contribution in [0.25, 0.3) is 0 Å². The minimum Gasteiger partial charge on any atom is -0.396 e. The van der Waals surface area contributed by atoms with Crippen molar-refractivity contribution >= 4 is 27.3 Å². The average Bonchev–Trinajstić information content (AvgIpc) is 2.38. The second kappa shape index (κ2) is 9.15. The monoisotopic (exact) mass is 332 g/mol. The van der Waals surface area contributed by atoms with Crippen LogP contribution < -0.4 is 11.1 Å². The summed E-state index contributed by atoms with van der Waals surface area (Å²) in [6, 6.07) is 2.99. The molecule has 108 valence electrons. The molecule has 0 unspecified atom stereocenters. The van der Waals surface area contributed by atoms with Gasteiger partial charge in [0.2, 0.25) is 0 Å². The van der Waals surface area contributed by atoms with Crippen LogP contribution in [0.2, 0.25) is 0 Å². The molecule has 0 atom stereocenters. The fourth-order valence-electron chi connectivity index (χ4n) is 1.60. The Labute approximate surface area is 122 Å². The van der Waals surface area contributed by atoms with Crippen LogP contribution in [0.1, 0.15) is 32.6 Å². The van der Waals surface area contributed by atoms with Gasteiger partial charge in [0.25, 0.3) is 0 Å². The highest BCUT2D eigenvalue weighted by molar-refractivity contribution is 9.10. The van der Waals surface area contributed by atoms with E-state index >= 15 is 0 Å². The first kappa shape index (κ1) is 16.2. The van der Waals surface area contributed by atoms with Crippen molar-refractivity contribution in [3.05, 3.63) is 22.4 Å². The molecule has 5 heteroatoms. The first-order valence-electron chi connectivity index (χ1n) is 6.71. The van der Waals surface area contributed by atoms with E-state index in [2.05, 4.69) is 28.2 Å². The van der Waals surface area contributed by atoms with Gasteiger partial charge in [0.05, 0.1) is 11.4 Å². The maximum absolute atomic E-state index is 13.3. The highest BCUT2D eigenvalue weighted by Crippen LogP contribution is 2.27. The van der Waals surface area contributed by atoms with Gasteiger partial charge >= 0.3 is 0 Å². The molecule has 3 N–H and O–H groups in total. The van der Waals surface area contributed by atoms with Crippen molar-refractivity contribution in [2.45, 2.75) is 32.6 Å². The van der Waals surface area contributed by atoms with Gasteiger partial charge in [-0.2, -0.15) is 0 Å². The molecule has 0 aliphatic heterocycles. The zero-order valence-corrected chi connectivity index (χ0v) is 12.9. The van der Waals surface area contributed by atoms with E-state index in [1.54, 1.807) is 6.07 Å². The molecule has 0 saturated carbocycles. The molecule has 0 fully saturated rings. The Morgan fingerprint density at radius 3 is 2.74 bits per heavy atom. The number of halogens is 2. The van der Waals surface area contributed by atoms with Crippen LogP contribution in [0.5, 0.6) is 0 Å². The second-order valence-corrected chi connectivity index (χ2v) is 5.31. The Morgan fingerprint density at radius 1 is 1.26 bits per heavy atom. The van der Waals surface area contributed by atoms with Crippen molar-refractivity contribution in [1.82, 2.24) is 0 Å². The van der Waals surface area contributed by atoms with Gasteiger partial charge in [0.1, 0.15) is 5.82 Å². The van der Waals surface area contributed by atoms with Crippen LogP contribution in [0.3, 0.4) is 0 Å². The fourth-order valence-corrected chi connectivity index (χ4v) is 2.10. The summed E-state index contributed by atoms with van der Waals surface area (Å²) in [6.07, 6.45) is 4.28. The molecule has 0 aromatic heterocycles. The predicted molar refractivity (Wildman–Crippen MR) is 82.0 cm³/mol. The lowest BCUT2D eigenvalue weighted by molar-refractivity contribution is 0.128. The maximum atomic E-state index is 13.3. The van der Waals surface area contributed by atoms with Gasteiger partial charge in [-0.05, 0) is 41.3 Å². The zero-order chi connectivity index (χ0) is 14.1. The van der Waals surface area contributed by atoms with Gasteiger partial charge in [-0.15, -0.1) is 0 Å². The van der Waals surface area contributed by atoms with Crippen molar-refractivity contribution in [1.29, 1.82) is 0 Å². The topological polar surface area (TPSA) is 47.3 Å². The summed E-state index contributed by atoms with van der Waals surface area (Å²) < 4.78 is 19.6. The van der Waals surface area contributed by atoms with Crippen molar-refractivity contribution in [2.24, 2.45) is 0 Å². The SMILES string of the molecule is CCCCOCCCCNc1cc(F)c(N)cc1Br. The van der Waals surface area contributed by atoms with Gasteiger partial charge < -0.3 is 15.8 Å². The molecule has 0 aliphatic rings. The molecule has 0 spiro atoms. The average molecular weight is 333 g/mol.